The average Bonchev–Trinajstić information content (AvgIpc) is 2.73. The summed E-state index contributed by atoms with van der Waals surface area (Å²) in [7, 11) is 0. The Balaban J connectivity index is 2.34. The molecule has 1 N–H and O–H groups in total. The van der Waals surface area contributed by atoms with Crippen LogP contribution in [0, 0.1) is 5.92 Å². The molecule has 17 heavy (non-hydrogen) atoms. The van der Waals surface area contributed by atoms with Gasteiger partial charge in [-0.25, -0.2) is 0 Å². The van der Waals surface area contributed by atoms with Gasteiger partial charge in [0.1, 0.15) is 0 Å². The Labute approximate surface area is 108 Å². The maximum atomic E-state index is 3.67. The molecular formula is C15H21NS. The molecule has 92 valence electrons. The lowest BCUT2D eigenvalue weighted by molar-refractivity contribution is 0.416. The van der Waals surface area contributed by atoms with Gasteiger partial charge in [-0.2, -0.15) is 0 Å². The Kier molecular flexibility index (Phi) is 4.19. The molecule has 0 fully saturated rings. The van der Waals surface area contributed by atoms with E-state index in [1.165, 1.54) is 22.1 Å². The van der Waals surface area contributed by atoms with Crippen molar-refractivity contribution in [3.8, 4) is 0 Å². The molecule has 0 saturated heterocycles. The zero-order valence-corrected chi connectivity index (χ0v) is 11.7. The molecule has 0 saturated carbocycles. The van der Waals surface area contributed by atoms with Crippen molar-refractivity contribution in [2.75, 3.05) is 6.54 Å². The molecule has 0 amide bonds. The number of rotatable bonds is 5. The van der Waals surface area contributed by atoms with Gasteiger partial charge in [-0.15, -0.1) is 11.3 Å². The fraction of sp³-hybridized carbons (Fsp3) is 0.467. The van der Waals surface area contributed by atoms with Gasteiger partial charge in [0.05, 0.1) is 0 Å². The van der Waals surface area contributed by atoms with E-state index < -0.39 is 0 Å². The number of hydrogen-bond donors (Lipinski definition) is 1. The Morgan fingerprint density at radius 2 is 2.00 bits per heavy atom. The molecule has 0 aliphatic carbocycles. The molecule has 1 unspecified atom stereocenters. The summed E-state index contributed by atoms with van der Waals surface area (Å²) in [5, 5.41) is 7.40. The van der Waals surface area contributed by atoms with Crippen LogP contribution >= 0.6 is 11.3 Å². The van der Waals surface area contributed by atoms with Gasteiger partial charge < -0.3 is 5.32 Å². The SMILES string of the molecule is CCCNC(c1csc2ccccc12)C(C)C. The van der Waals surface area contributed by atoms with Crippen LogP contribution < -0.4 is 5.32 Å². The van der Waals surface area contributed by atoms with Gasteiger partial charge >= 0.3 is 0 Å². The third kappa shape index (κ3) is 2.70. The van der Waals surface area contributed by atoms with Crippen molar-refractivity contribution in [2.45, 2.75) is 33.2 Å². The monoisotopic (exact) mass is 247 g/mol. The summed E-state index contributed by atoms with van der Waals surface area (Å²) in [5.74, 6) is 0.625. The number of thiophene rings is 1. The topological polar surface area (TPSA) is 12.0 Å². The lowest BCUT2D eigenvalue weighted by Crippen LogP contribution is -2.26. The van der Waals surface area contributed by atoms with Crippen LogP contribution in [0.2, 0.25) is 0 Å². The average molecular weight is 247 g/mol. The number of nitrogens with one attached hydrogen (secondary N) is 1. The molecular weight excluding hydrogens is 226 g/mol. The molecule has 1 aromatic heterocycles. The summed E-state index contributed by atoms with van der Waals surface area (Å²) in [5.41, 5.74) is 1.47. The van der Waals surface area contributed by atoms with E-state index >= 15 is 0 Å². The molecule has 1 heterocycles. The van der Waals surface area contributed by atoms with Crippen molar-refractivity contribution in [3.05, 3.63) is 35.2 Å². The second kappa shape index (κ2) is 5.65. The van der Waals surface area contributed by atoms with E-state index in [1.54, 1.807) is 0 Å². The third-order valence-electron chi connectivity index (χ3n) is 3.13. The first kappa shape index (κ1) is 12.6. The highest BCUT2D eigenvalue weighted by Gasteiger charge is 2.18. The van der Waals surface area contributed by atoms with E-state index in [0.717, 1.165) is 6.54 Å². The minimum Gasteiger partial charge on any atom is -0.310 e. The van der Waals surface area contributed by atoms with Crippen molar-refractivity contribution in [2.24, 2.45) is 5.92 Å². The fourth-order valence-corrected chi connectivity index (χ4v) is 3.24. The van der Waals surface area contributed by atoms with Crippen LogP contribution in [0.25, 0.3) is 10.1 Å². The standard InChI is InChI=1S/C15H21NS/c1-4-9-16-15(11(2)3)13-10-17-14-8-6-5-7-12(13)14/h5-8,10-11,15-16H,4,9H2,1-3H3. The van der Waals surface area contributed by atoms with Crippen molar-refractivity contribution >= 4 is 21.4 Å². The molecule has 0 spiro atoms. The molecule has 0 bridgehead atoms. The first-order chi connectivity index (χ1) is 8.24. The van der Waals surface area contributed by atoms with Gasteiger partial charge in [0.2, 0.25) is 0 Å². The van der Waals surface area contributed by atoms with Crippen LogP contribution in [0.15, 0.2) is 29.6 Å². The quantitative estimate of drug-likeness (QED) is 0.814. The first-order valence-electron chi connectivity index (χ1n) is 6.43. The van der Waals surface area contributed by atoms with E-state index in [2.05, 4.69) is 55.7 Å². The Bertz CT molecular complexity index is 472. The summed E-state index contributed by atoms with van der Waals surface area (Å²) in [6, 6.07) is 9.18. The maximum absolute atomic E-state index is 3.67. The maximum Gasteiger partial charge on any atom is 0.0357 e. The lowest BCUT2D eigenvalue weighted by atomic mass is 9.95. The predicted octanol–water partition coefficient (Wildman–Crippen LogP) is 4.60. The molecule has 2 rings (SSSR count). The summed E-state index contributed by atoms with van der Waals surface area (Å²) >= 11 is 1.85. The van der Waals surface area contributed by atoms with Crippen molar-refractivity contribution in [1.29, 1.82) is 0 Å². The van der Waals surface area contributed by atoms with Crippen LogP contribution in [-0.4, -0.2) is 6.54 Å². The largest absolute Gasteiger partial charge is 0.310 e. The summed E-state index contributed by atoms with van der Waals surface area (Å²) in [6.07, 6.45) is 1.19. The van der Waals surface area contributed by atoms with E-state index in [1.807, 2.05) is 11.3 Å². The molecule has 0 aliphatic heterocycles. The van der Waals surface area contributed by atoms with E-state index in [-0.39, 0.29) is 0 Å². The second-order valence-corrected chi connectivity index (χ2v) is 5.77. The number of benzene rings is 1. The number of fused-ring (bicyclic) bond motifs is 1. The highest BCUT2D eigenvalue weighted by Crippen LogP contribution is 2.33. The van der Waals surface area contributed by atoms with Crippen LogP contribution in [0.4, 0.5) is 0 Å². The van der Waals surface area contributed by atoms with Gasteiger partial charge in [-0.05, 0) is 41.3 Å². The molecule has 1 aromatic carbocycles. The van der Waals surface area contributed by atoms with Gasteiger partial charge in [-0.3, -0.25) is 0 Å². The summed E-state index contributed by atoms with van der Waals surface area (Å²) < 4.78 is 1.39. The van der Waals surface area contributed by atoms with Gasteiger partial charge in [0, 0.05) is 10.7 Å². The molecule has 2 heteroatoms. The smallest absolute Gasteiger partial charge is 0.0357 e. The normalized spacial score (nSPS) is 13.4. The zero-order chi connectivity index (χ0) is 12.3. The van der Waals surface area contributed by atoms with Crippen molar-refractivity contribution in [3.63, 3.8) is 0 Å². The van der Waals surface area contributed by atoms with E-state index in [4.69, 9.17) is 0 Å². The van der Waals surface area contributed by atoms with Crippen LogP contribution in [-0.2, 0) is 0 Å². The van der Waals surface area contributed by atoms with Crippen LogP contribution in [0.3, 0.4) is 0 Å². The highest BCUT2D eigenvalue weighted by molar-refractivity contribution is 7.17. The molecule has 2 aromatic rings. The second-order valence-electron chi connectivity index (χ2n) is 4.86. The Morgan fingerprint density at radius 1 is 1.24 bits per heavy atom. The first-order valence-corrected chi connectivity index (χ1v) is 7.31. The number of hydrogen-bond acceptors (Lipinski definition) is 2. The van der Waals surface area contributed by atoms with Crippen LogP contribution in [0.5, 0.6) is 0 Å². The summed E-state index contributed by atoms with van der Waals surface area (Å²) in [4.78, 5) is 0. The van der Waals surface area contributed by atoms with Gasteiger partial charge in [0.15, 0.2) is 0 Å². The molecule has 1 nitrogen and oxygen atoms in total. The van der Waals surface area contributed by atoms with Crippen molar-refractivity contribution in [1.82, 2.24) is 5.32 Å². The zero-order valence-electron chi connectivity index (χ0n) is 10.9. The Hall–Kier alpha value is -0.860. The molecule has 1 atom stereocenters. The molecule has 0 radical (unpaired) electrons. The molecule has 0 aliphatic rings. The van der Waals surface area contributed by atoms with Crippen LogP contribution in [0.1, 0.15) is 38.8 Å². The fourth-order valence-electron chi connectivity index (χ4n) is 2.24. The summed E-state index contributed by atoms with van der Waals surface area (Å²) in [6.45, 7) is 7.89. The third-order valence-corrected chi connectivity index (χ3v) is 4.11. The highest BCUT2D eigenvalue weighted by atomic mass is 32.1. The van der Waals surface area contributed by atoms with Crippen molar-refractivity contribution < 1.29 is 0 Å². The van der Waals surface area contributed by atoms with Gasteiger partial charge in [-0.1, -0.05) is 39.0 Å². The lowest BCUT2D eigenvalue weighted by Gasteiger charge is -2.22. The van der Waals surface area contributed by atoms with E-state index in [0.29, 0.717) is 12.0 Å². The minimum atomic E-state index is 0.478. The van der Waals surface area contributed by atoms with Gasteiger partial charge in [0.25, 0.3) is 0 Å². The Morgan fingerprint density at radius 3 is 2.71 bits per heavy atom. The minimum absolute atomic E-state index is 0.478. The van der Waals surface area contributed by atoms with E-state index in [9.17, 15) is 0 Å². The predicted molar refractivity (Wildman–Crippen MR) is 77.7 cm³/mol.